The molecule has 4 heteroatoms. The third-order valence-electron chi connectivity index (χ3n) is 4.93. The maximum Gasteiger partial charge on any atom is 0.407 e. The fourth-order valence-electron chi connectivity index (χ4n) is 3.74. The van der Waals surface area contributed by atoms with Crippen LogP contribution in [0.1, 0.15) is 29.5 Å². The molecule has 4 nitrogen and oxygen atoms in total. The summed E-state index contributed by atoms with van der Waals surface area (Å²) in [5, 5.41) is 2.92. The minimum atomic E-state index is -0.338. The first-order valence-electron chi connectivity index (χ1n) is 9.28. The van der Waals surface area contributed by atoms with Crippen LogP contribution in [0.25, 0.3) is 11.1 Å². The van der Waals surface area contributed by atoms with Gasteiger partial charge in [0.2, 0.25) is 0 Å². The normalized spacial score (nSPS) is 17.7. The number of nitrogens with zero attached hydrogens (tertiary/aromatic N) is 1. The minimum absolute atomic E-state index is 0.172. The lowest BCUT2D eigenvalue weighted by Gasteiger charge is -2.32. The van der Waals surface area contributed by atoms with E-state index >= 15 is 0 Å². The van der Waals surface area contributed by atoms with Gasteiger partial charge in [0.25, 0.3) is 0 Å². The van der Waals surface area contributed by atoms with E-state index in [1.54, 1.807) is 0 Å². The summed E-state index contributed by atoms with van der Waals surface area (Å²) < 4.78 is 4.71. The molecule has 138 valence electrons. The number of nitrogens with one attached hydrogen (secondary N) is 1. The Morgan fingerprint density at radius 1 is 1.12 bits per heavy atom. The van der Waals surface area contributed by atoms with E-state index in [9.17, 15) is 4.79 Å². The molecule has 1 heterocycles. The third-order valence-corrected chi connectivity index (χ3v) is 4.93. The highest BCUT2D eigenvalue weighted by Crippen LogP contribution is 2.23. The van der Waals surface area contributed by atoms with Crippen molar-refractivity contribution in [2.24, 2.45) is 0 Å². The van der Waals surface area contributed by atoms with Gasteiger partial charge in [-0.3, -0.25) is 4.90 Å². The van der Waals surface area contributed by atoms with Gasteiger partial charge < -0.3 is 10.1 Å². The fourth-order valence-corrected chi connectivity index (χ4v) is 3.74. The first-order chi connectivity index (χ1) is 12.5. The van der Waals surface area contributed by atoms with Gasteiger partial charge in [-0.1, -0.05) is 53.6 Å². The Labute approximate surface area is 156 Å². The predicted octanol–water partition coefficient (Wildman–Crippen LogP) is 4.29. The van der Waals surface area contributed by atoms with E-state index in [0.29, 0.717) is 0 Å². The molecule has 1 atom stereocenters. The maximum atomic E-state index is 11.4. The summed E-state index contributed by atoms with van der Waals surface area (Å²) in [6, 6.07) is 15.7. The van der Waals surface area contributed by atoms with Gasteiger partial charge in [-0.25, -0.2) is 4.79 Å². The summed E-state index contributed by atoms with van der Waals surface area (Å²) in [5.74, 6) is 0. The maximum absolute atomic E-state index is 11.4. The van der Waals surface area contributed by atoms with E-state index in [1.165, 1.54) is 34.9 Å². The lowest BCUT2D eigenvalue weighted by molar-refractivity contribution is 0.145. The SMILES string of the molecule is COC(=O)NC1CCCN(Cc2ccc(-c3cc(C)cc(C)c3)cc2)C1. The van der Waals surface area contributed by atoms with Crippen LogP contribution in [0.5, 0.6) is 0 Å². The van der Waals surface area contributed by atoms with Crippen LogP contribution in [0, 0.1) is 13.8 Å². The average Bonchev–Trinajstić information content (AvgIpc) is 2.62. The third kappa shape index (κ3) is 4.85. The van der Waals surface area contributed by atoms with Gasteiger partial charge in [0.15, 0.2) is 0 Å². The molecular weight excluding hydrogens is 324 g/mol. The summed E-state index contributed by atoms with van der Waals surface area (Å²) in [6.07, 6.45) is 1.77. The highest BCUT2D eigenvalue weighted by Gasteiger charge is 2.21. The van der Waals surface area contributed by atoms with Crippen molar-refractivity contribution in [3.63, 3.8) is 0 Å². The molecule has 0 radical (unpaired) electrons. The largest absolute Gasteiger partial charge is 0.453 e. The van der Waals surface area contributed by atoms with Gasteiger partial charge >= 0.3 is 6.09 Å². The average molecular weight is 352 g/mol. The van der Waals surface area contributed by atoms with Crippen molar-refractivity contribution < 1.29 is 9.53 Å². The lowest BCUT2D eigenvalue weighted by Crippen LogP contribution is -2.47. The molecule has 1 unspecified atom stereocenters. The summed E-state index contributed by atoms with van der Waals surface area (Å²) in [5.41, 5.74) is 6.42. The standard InChI is InChI=1S/C22H28N2O2/c1-16-11-17(2)13-20(12-16)19-8-6-18(7-9-19)14-24-10-4-5-21(15-24)23-22(25)26-3/h6-9,11-13,21H,4-5,10,14-15H2,1-3H3,(H,23,25). The van der Waals surface area contributed by atoms with Crippen LogP contribution in [-0.4, -0.2) is 37.2 Å². The molecule has 1 aliphatic heterocycles. The van der Waals surface area contributed by atoms with E-state index in [4.69, 9.17) is 4.74 Å². The molecule has 0 aromatic heterocycles. The van der Waals surface area contributed by atoms with E-state index < -0.39 is 0 Å². The number of hydrogen-bond acceptors (Lipinski definition) is 3. The van der Waals surface area contributed by atoms with Crippen LogP contribution in [0.15, 0.2) is 42.5 Å². The molecule has 0 aliphatic carbocycles. The number of alkyl carbamates (subject to hydrolysis) is 1. The number of benzene rings is 2. The quantitative estimate of drug-likeness (QED) is 0.892. The van der Waals surface area contributed by atoms with E-state index in [2.05, 4.69) is 66.5 Å². The van der Waals surface area contributed by atoms with Gasteiger partial charge in [0.05, 0.1) is 7.11 Å². The van der Waals surface area contributed by atoms with Crippen LogP contribution in [0.2, 0.25) is 0 Å². The lowest BCUT2D eigenvalue weighted by atomic mass is 9.99. The second-order valence-electron chi connectivity index (χ2n) is 7.28. The Bertz CT molecular complexity index is 735. The second-order valence-corrected chi connectivity index (χ2v) is 7.28. The van der Waals surface area contributed by atoms with Crippen LogP contribution >= 0.6 is 0 Å². The van der Waals surface area contributed by atoms with Crippen LogP contribution in [0.4, 0.5) is 4.79 Å². The molecular formula is C22H28N2O2. The van der Waals surface area contributed by atoms with Crippen molar-refractivity contribution in [2.75, 3.05) is 20.2 Å². The smallest absolute Gasteiger partial charge is 0.407 e. The zero-order valence-electron chi connectivity index (χ0n) is 15.9. The topological polar surface area (TPSA) is 41.6 Å². The van der Waals surface area contributed by atoms with Crippen molar-refractivity contribution in [2.45, 2.75) is 39.3 Å². The molecule has 1 aliphatic rings. The number of hydrogen-bond donors (Lipinski definition) is 1. The number of aryl methyl sites for hydroxylation is 2. The first kappa shape index (κ1) is 18.5. The van der Waals surface area contributed by atoms with Gasteiger partial charge in [-0.2, -0.15) is 0 Å². The summed E-state index contributed by atoms with van der Waals surface area (Å²) >= 11 is 0. The summed E-state index contributed by atoms with van der Waals surface area (Å²) in [6.45, 7) is 7.12. The highest BCUT2D eigenvalue weighted by molar-refractivity contribution is 5.67. The monoisotopic (exact) mass is 352 g/mol. The summed E-state index contributed by atoms with van der Waals surface area (Å²) in [7, 11) is 1.41. The van der Waals surface area contributed by atoms with Crippen molar-refractivity contribution >= 4 is 6.09 Å². The Morgan fingerprint density at radius 2 is 1.81 bits per heavy atom. The zero-order valence-corrected chi connectivity index (χ0v) is 15.9. The van der Waals surface area contributed by atoms with Gasteiger partial charge in [0.1, 0.15) is 0 Å². The summed E-state index contributed by atoms with van der Waals surface area (Å²) in [4.78, 5) is 13.8. The Hall–Kier alpha value is -2.33. The van der Waals surface area contributed by atoms with E-state index in [-0.39, 0.29) is 12.1 Å². The number of amides is 1. The van der Waals surface area contributed by atoms with Crippen LogP contribution < -0.4 is 5.32 Å². The van der Waals surface area contributed by atoms with Crippen molar-refractivity contribution in [1.29, 1.82) is 0 Å². The molecule has 2 aromatic carbocycles. The number of carbonyl (C=O) groups is 1. The van der Waals surface area contributed by atoms with Crippen LogP contribution in [0.3, 0.4) is 0 Å². The number of likely N-dealkylation sites (tertiary alicyclic amines) is 1. The van der Waals surface area contributed by atoms with Crippen molar-refractivity contribution in [1.82, 2.24) is 10.2 Å². The number of carbonyl (C=O) groups excluding carboxylic acids is 1. The van der Waals surface area contributed by atoms with Gasteiger partial charge in [-0.05, 0) is 49.9 Å². The van der Waals surface area contributed by atoms with E-state index in [0.717, 1.165) is 32.5 Å². The molecule has 1 N–H and O–H groups in total. The molecule has 0 bridgehead atoms. The number of methoxy groups -OCH3 is 1. The van der Waals surface area contributed by atoms with E-state index in [1.807, 2.05) is 0 Å². The zero-order chi connectivity index (χ0) is 18.5. The Balaban J connectivity index is 1.63. The molecule has 0 spiro atoms. The molecule has 3 rings (SSSR count). The minimum Gasteiger partial charge on any atom is -0.453 e. The van der Waals surface area contributed by atoms with Crippen molar-refractivity contribution in [3.8, 4) is 11.1 Å². The first-order valence-corrected chi connectivity index (χ1v) is 9.28. The molecule has 1 saturated heterocycles. The Kier molecular flexibility index (Phi) is 5.94. The molecule has 0 saturated carbocycles. The Morgan fingerprint density at radius 3 is 2.46 bits per heavy atom. The number of rotatable bonds is 4. The second kappa shape index (κ2) is 8.37. The fraction of sp³-hybridized carbons (Fsp3) is 0.409. The number of ether oxygens (including phenoxy) is 1. The molecule has 1 fully saturated rings. The molecule has 1 amide bonds. The molecule has 26 heavy (non-hydrogen) atoms. The van der Waals surface area contributed by atoms with Gasteiger partial charge in [0, 0.05) is 19.1 Å². The van der Waals surface area contributed by atoms with Crippen molar-refractivity contribution in [3.05, 3.63) is 59.2 Å². The molecule has 2 aromatic rings. The highest BCUT2D eigenvalue weighted by atomic mass is 16.5. The number of piperidine rings is 1. The van der Waals surface area contributed by atoms with Crippen LogP contribution in [-0.2, 0) is 11.3 Å². The van der Waals surface area contributed by atoms with Gasteiger partial charge in [-0.15, -0.1) is 0 Å². The predicted molar refractivity (Wildman–Crippen MR) is 105 cm³/mol.